The van der Waals surface area contributed by atoms with Crippen molar-refractivity contribution in [3.63, 3.8) is 0 Å². The molecule has 0 fully saturated rings. The van der Waals surface area contributed by atoms with Crippen molar-refractivity contribution < 1.29 is 49.0 Å². The van der Waals surface area contributed by atoms with E-state index in [0.717, 1.165) is 6.07 Å². The van der Waals surface area contributed by atoms with Gasteiger partial charge in [-0.05, 0) is 48.8 Å². The predicted molar refractivity (Wildman–Crippen MR) is 105 cm³/mol. The topological polar surface area (TPSA) is 164 Å². The fourth-order valence-corrected chi connectivity index (χ4v) is 2.57. The first-order valence-corrected chi connectivity index (χ1v) is 9.37. The van der Waals surface area contributed by atoms with E-state index in [1.807, 2.05) is 0 Å². The first-order valence-electron chi connectivity index (χ1n) is 8.58. The van der Waals surface area contributed by atoms with Crippen LogP contribution in [0.1, 0.15) is 33.3 Å². The molecule has 1 amide bonds. The maximum absolute atomic E-state index is 12.0. The van der Waals surface area contributed by atoms with E-state index >= 15 is 0 Å². The Morgan fingerprint density at radius 3 is 2.00 bits per heavy atom. The zero-order chi connectivity index (χ0) is 23.5. The second-order valence-electron chi connectivity index (χ2n) is 7.28. The van der Waals surface area contributed by atoms with Crippen LogP contribution in [0.2, 0.25) is 0 Å². The highest BCUT2D eigenvalue weighted by Gasteiger charge is 2.53. The van der Waals surface area contributed by atoms with Crippen LogP contribution < -0.4 is 14.8 Å². The van der Waals surface area contributed by atoms with Gasteiger partial charge < -0.3 is 39.4 Å². The van der Waals surface area contributed by atoms with Gasteiger partial charge in [-0.15, -0.1) is 0 Å². The van der Waals surface area contributed by atoms with Gasteiger partial charge in [0.25, 0.3) is 5.79 Å². The summed E-state index contributed by atoms with van der Waals surface area (Å²) >= 11 is 3.18. The van der Waals surface area contributed by atoms with Crippen LogP contribution in [0.25, 0.3) is 0 Å². The molecule has 0 aliphatic heterocycles. The van der Waals surface area contributed by atoms with E-state index < -0.39 is 41.0 Å². The van der Waals surface area contributed by atoms with Crippen LogP contribution in [-0.2, 0) is 20.1 Å². The number of nitrogens with one attached hydrogen (secondary N) is 1. The van der Waals surface area contributed by atoms with E-state index in [9.17, 15) is 30.0 Å². The number of amides is 1. The second kappa shape index (κ2) is 9.35. The van der Waals surface area contributed by atoms with Crippen LogP contribution in [-0.4, -0.2) is 58.9 Å². The monoisotopic (exact) mass is 495 g/mol. The molecule has 1 aromatic carbocycles. The lowest BCUT2D eigenvalue weighted by Crippen LogP contribution is -2.63. The predicted octanol–water partition coefficient (Wildman–Crippen LogP) is 0.904. The van der Waals surface area contributed by atoms with E-state index in [1.165, 1.54) is 32.5 Å². The largest absolute Gasteiger partial charge is 0.496 e. The standard InChI is InChI=1S/C18H26BrNO10/c1-9(29-14(21)16(2,3)4)30-15(22)20-18(25,26)17(23,24)10-7-13(28-6)11(19)8-12(10)27-5/h7-9,23-26H,1-6H3,(H,20,22). The number of hydrogen-bond donors (Lipinski definition) is 5. The Hall–Kier alpha value is -2.12. The van der Waals surface area contributed by atoms with Crippen LogP contribution in [0.15, 0.2) is 16.6 Å². The van der Waals surface area contributed by atoms with Gasteiger partial charge in [0.05, 0.1) is 29.7 Å². The average molecular weight is 496 g/mol. The summed E-state index contributed by atoms with van der Waals surface area (Å²) in [6, 6.07) is 2.35. The molecular weight excluding hydrogens is 470 g/mol. The Morgan fingerprint density at radius 2 is 1.53 bits per heavy atom. The Labute approximate surface area is 181 Å². The van der Waals surface area contributed by atoms with Crippen molar-refractivity contribution >= 4 is 28.0 Å². The van der Waals surface area contributed by atoms with E-state index in [0.29, 0.717) is 4.47 Å². The van der Waals surface area contributed by atoms with Gasteiger partial charge >= 0.3 is 18.0 Å². The molecule has 12 heteroatoms. The van der Waals surface area contributed by atoms with Crippen molar-refractivity contribution in [2.75, 3.05) is 14.2 Å². The van der Waals surface area contributed by atoms with Crippen LogP contribution >= 0.6 is 15.9 Å². The molecule has 5 N–H and O–H groups in total. The third-order valence-corrected chi connectivity index (χ3v) is 4.39. The van der Waals surface area contributed by atoms with Crippen molar-refractivity contribution in [2.45, 2.75) is 45.7 Å². The molecule has 1 rings (SSSR count). The quantitative estimate of drug-likeness (QED) is 0.271. The van der Waals surface area contributed by atoms with Crippen molar-refractivity contribution in [3.8, 4) is 11.5 Å². The lowest BCUT2D eigenvalue weighted by Gasteiger charge is -2.35. The zero-order valence-electron chi connectivity index (χ0n) is 17.3. The van der Waals surface area contributed by atoms with E-state index in [-0.39, 0.29) is 11.5 Å². The smallest absolute Gasteiger partial charge is 0.414 e. The molecule has 0 aliphatic rings. The van der Waals surface area contributed by atoms with Crippen LogP contribution in [0, 0.1) is 5.41 Å². The highest BCUT2D eigenvalue weighted by molar-refractivity contribution is 9.10. The number of methoxy groups -OCH3 is 2. The maximum atomic E-state index is 12.0. The summed E-state index contributed by atoms with van der Waals surface area (Å²) in [6.45, 7) is 5.97. The number of halogens is 1. The highest BCUT2D eigenvalue weighted by atomic mass is 79.9. The Kier molecular flexibility index (Phi) is 8.08. The van der Waals surface area contributed by atoms with Gasteiger partial charge in [0.15, 0.2) is 0 Å². The molecule has 30 heavy (non-hydrogen) atoms. The summed E-state index contributed by atoms with van der Waals surface area (Å²) in [7, 11) is 2.50. The van der Waals surface area contributed by atoms with Gasteiger partial charge in [0.2, 0.25) is 6.29 Å². The lowest BCUT2D eigenvalue weighted by atomic mass is 9.97. The summed E-state index contributed by atoms with van der Waals surface area (Å²) in [4.78, 5) is 23.8. The molecular formula is C18H26BrNO10. The summed E-state index contributed by atoms with van der Waals surface area (Å²) in [6.07, 6.45) is -2.91. The summed E-state index contributed by atoms with van der Waals surface area (Å²) in [5.41, 5.74) is -1.41. The maximum Gasteiger partial charge on any atom is 0.414 e. The van der Waals surface area contributed by atoms with Crippen molar-refractivity contribution in [1.29, 1.82) is 0 Å². The van der Waals surface area contributed by atoms with Gasteiger partial charge in [0, 0.05) is 6.92 Å². The highest BCUT2D eigenvalue weighted by Crippen LogP contribution is 2.40. The van der Waals surface area contributed by atoms with E-state index in [2.05, 4.69) is 15.9 Å². The minimum Gasteiger partial charge on any atom is -0.496 e. The first-order chi connectivity index (χ1) is 13.6. The minimum atomic E-state index is -3.65. The number of alkyl carbamates (subject to hydrolysis) is 1. The number of ether oxygens (including phenoxy) is 4. The average Bonchev–Trinajstić information content (AvgIpc) is 2.59. The third-order valence-electron chi connectivity index (χ3n) is 3.77. The fourth-order valence-electron chi connectivity index (χ4n) is 2.08. The van der Waals surface area contributed by atoms with Crippen molar-refractivity contribution in [3.05, 3.63) is 22.2 Å². The number of benzene rings is 1. The molecule has 0 bridgehead atoms. The van der Waals surface area contributed by atoms with E-state index in [4.69, 9.17) is 18.9 Å². The minimum absolute atomic E-state index is 0.111. The van der Waals surface area contributed by atoms with Crippen molar-refractivity contribution in [2.24, 2.45) is 5.41 Å². The molecule has 1 aromatic rings. The lowest BCUT2D eigenvalue weighted by molar-refractivity contribution is -0.375. The normalized spacial score (nSPS) is 13.3. The van der Waals surface area contributed by atoms with Crippen LogP contribution in [0.3, 0.4) is 0 Å². The molecule has 0 aliphatic carbocycles. The summed E-state index contributed by atoms with van der Waals surface area (Å²) in [5.74, 6) is -7.85. The summed E-state index contributed by atoms with van der Waals surface area (Å²) in [5, 5.41) is 42.7. The fraction of sp³-hybridized carbons (Fsp3) is 0.556. The van der Waals surface area contributed by atoms with Gasteiger partial charge in [0.1, 0.15) is 11.5 Å². The van der Waals surface area contributed by atoms with E-state index in [1.54, 1.807) is 20.8 Å². The number of carbonyl (C=O) groups excluding carboxylic acids is 2. The van der Waals surface area contributed by atoms with Crippen LogP contribution in [0.5, 0.6) is 11.5 Å². The number of aliphatic hydroxyl groups is 4. The van der Waals surface area contributed by atoms with Gasteiger partial charge in [-0.1, -0.05) is 0 Å². The second-order valence-corrected chi connectivity index (χ2v) is 8.14. The Bertz CT molecular complexity index is 788. The Morgan fingerprint density at radius 1 is 1.00 bits per heavy atom. The number of carbonyl (C=O) groups is 2. The molecule has 11 nitrogen and oxygen atoms in total. The SMILES string of the molecule is COc1cc(C(O)(O)C(O)(O)NC(=O)OC(C)OC(=O)C(C)(C)C)c(OC)cc1Br. The number of esters is 1. The molecule has 0 heterocycles. The molecule has 1 unspecified atom stereocenters. The third kappa shape index (κ3) is 5.95. The number of hydrogen-bond acceptors (Lipinski definition) is 10. The van der Waals surface area contributed by atoms with Crippen molar-refractivity contribution in [1.82, 2.24) is 5.32 Å². The molecule has 170 valence electrons. The number of rotatable bonds is 7. The van der Waals surface area contributed by atoms with Crippen LogP contribution in [0.4, 0.5) is 4.79 Å². The van der Waals surface area contributed by atoms with Gasteiger partial charge in [-0.2, -0.15) is 0 Å². The molecule has 0 radical (unpaired) electrons. The molecule has 0 aromatic heterocycles. The molecule has 0 saturated carbocycles. The Balaban J connectivity index is 3.05. The first kappa shape index (κ1) is 25.9. The zero-order valence-corrected chi connectivity index (χ0v) is 18.9. The molecule has 0 saturated heterocycles. The van der Waals surface area contributed by atoms with Gasteiger partial charge in [-0.3, -0.25) is 10.1 Å². The molecule has 1 atom stereocenters. The summed E-state index contributed by atoms with van der Waals surface area (Å²) < 4.78 is 20.0. The van der Waals surface area contributed by atoms with Gasteiger partial charge in [-0.25, -0.2) is 4.79 Å². The molecule has 0 spiro atoms.